The van der Waals surface area contributed by atoms with Crippen molar-refractivity contribution in [3.8, 4) is 5.75 Å². The first kappa shape index (κ1) is 38.2. The summed E-state index contributed by atoms with van der Waals surface area (Å²) in [5.41, 5.74) is 5.02. The lowest BCUT2D eigenvalue weighted by Gasteiger charge is -2.46. The number of ether oxygens (including phenoxy) is 6. The van der Waals surface area contributed by atoms with Crippen molar-refractivity contribution in [1.29, 1.82) is 0 Å². The fourth-order valence-corrected chi connectivity index (χ4v) is 6.68. The molecule has 0 amide bonds. The Hall–Kier alpha value is -4.54. The van der Waals surface area contributed by atoms with Crippen molar-refractivity contribution in [3.63, 3.8) is 0 Å². The molecule has 276 valence electrons. The smallest absolute Gasteiger partial charge is 0.307 e. The van der Waals surface area contributed by atoms with Crippen LogP contribution in [0.4, 0.5) is 0 Å². The van der Waals surface area contributed by atoms with Gasteiger partial charge in [0.25, 0.3) is 0 Å². The predicted octanol–water partition coefficient (Wildman–Crippen LogP) is 8.78. The lowest BCUT2D eigenvalue weighted by molar-refractivity contribution is -0.275. The van der Waals surface area contributed by atoms with E-state index in [1.807, 2.05) is 128 Å². The molecule has 5 aromatic rings. The van der Waals surface area contributed by atoms with E-state index in [1.165, 1.54) is 0 Å². The van der Waals surface area contributed by atoms with Crippen molar-refractivity contribution in [2.75, 3.05) is 13.2 Å². The minimum Gasteiger partial charge on any atom is -0.493 e. The van der Waals surface area contributed by atoms with Gasteiger partial charge in [-0.05, 0) is 46.9 Å². The molecule has 5 atom stereocenters. The highest BCUT2D eigenvalue weighted by molar-refractivity contribution is 6.31. The molecule has 0 aliphatic carbocycles. The van der Waals surface area contributed by atoms with Gasteiger partial charge in [-0.3, -0.25) is 4.79 Å². The van der Waals surface area contributed by atoms with Crippen LogP contribution in [-0.4, -0.2) is 48.7 Å². The number of carboxylic acid groups (broad SMARTS) is 1. The Labute approximate surface area is 316 Å². The maximum absolute atomic E-state index is 11.9. The summed E-state index contributed by atoms with van der Waals surface area (Å²) >= 11 is 6.64. The van der Waals surface area contributed by atoms with Gasteiger partial charge in [0.15, 0.2) is 0 Å². The molecular formula is C44H45ClO8. The molecule has 0 bridgehead atoms. The molecule has 9 heteroatoms. The zero-order valence-corrected chi connectivity index (χ0v) is 30.5. The van der Waals surface area contributed by atoms with E-state index in [0.29, 0.717) is 41.7 Å². The van der Waals surface area contributed by atoms with Gasteiger partial charge in [-0.2, -0.15) is 0 Å². The Kier molecular flexibility index (Phi) is 14.1. The number of rotatable bonds is 18. The second-order valence-electron chi connectivity index (χ2n) is 12.9. The van der Waals surface area contributed by atoms with Gasteiger partial charge in [0.2, 0.25) is 0 Å². The first-order chi connectivity index (χ1) is 26.0. The molecule has 5 aromatic carbocycles. The highest BCUT2D eigenvalue weighted by atomic mass is 35.5. The van der Waals surface area contributed by atoms with Crippen LogP contribution in [0.2, 0.25) is 5.02 Å². The molecule has 6 rings (SSSR count). The molecule has 0 aromatic heterocycles. The Morgan fingerprint density at radius 3 is 1.62 bits per heavy atom. The van der Waals surface area contributed by atoms with E-state index in [4.69, 9.17) is 40.0 Å². The van der Waals surface area contributed by atoms with E-state index in [9.17, 15) is 9.90 Å². The van der Waals surface area contributed by atoms with Gasteiger partial charge in [-0.25, -0.2) is 0 Å². The summed E-state index contributed by atoms with van der Waals surface area (Å²) in [4.78, 5) is 11.9. The van der Waals surface area contributed by atoms with E-state index in [0.717, 1.165) is 22.3 Å². The molecule has 8 nitrogen and oxygen atoms in total. The molecule has 53 heavy (non-hydrogen) atoms. The number of carbonyl (C=O) groups is 1. The van der Waals surface area contributed by atoms with Crippen LogP contribution in [-0.2, 0) is 61.3 Å². The molecule has 1 aliphatic heterocycles. The Morgan fingerprint density at radius 2 is 1.13 bits per heavy atom. The zero-order chi connectivity index (χ0) is 36.8. The van der Waals surface area contributed by atoms with E-state index in [1.54, 1.807) is 12.1 Å². The average molecular weight is 737 g/mol. The maximum atomic E-state index is 11.9. The molecule has 1 aliphatic rings. The van der Waals surface area contributed by atoms with Crippen LogP contribution in [0.3, 0.4) is 0 Å². The fraction of sp³-hybridized carbons (Fsp3) is 0.295. The lowest BCUT2D eigenvalue weighted by Crippen LogP contribution is -2.58. The van der Waals surface area contributed by atoms with Gasteiger partial charge >= 0.3 is 5.97 Å². The molecule has 0 saturated carbocycles. The number of benzene rings is 5. The number of hydrogen-bond acceptors (Lipinski definition) is 7. The van der Waals surface area contributed by atoms with Crippen molar-refractivity contribution in [1.82, 2.24) is 0 Å². The summed E-state index contributed by atoms with van der Waals surface area (Å²) in [6, 6.07) is 43.2. The van der Waals surface area contributed by atoms with Crippen LogP contribution in [0.1, 0.15) is 46.4 Å². The van der Waals surface area contributed by atoms with Crippen LogP contribution in [0.25, 0.3) is 0 Å². The lowest BCUT2D eigenvalue weighted by atomic mass is 9.89. The largest absolute Gasteiger partial charge is 0.493 e. The van der Waals surface area contributed by atoms with Crippen molar-refractivity contribution >= 4 is 17.6 Å². The first-order valence-corrected chi connectivity index (χ1v) is 18.3. The van der Waals surface area contributed by atoms with Crippen molar-refractivity contribution in [3.05, 3.63) is 172 Å². The average Bonchev–Trinajstić information content (AvgIpc) is 3.18. The van der Waals surface area contributed by atoms with Gasteiger partial charge in [0.05, 0.1) is 46.1 Å². The standard InChI is InChI=1S/C44H45ClO8/c1-2-49-38-25-37(45)35(24-40(46)47)23-36(38)41-43(51-28-33-19-11-5-12-20-33)44(52-29-34-21-13-6-14-22-34)42(50-27-32-17-9-4-10-18-32)39(53-41)30-48-26-31-15-7-3-8-16-31/h3-23,25,39,41-44H,2,24,26-30H2,1H3,(H,46,47)/t39-,41+,42-,43+,44+/m1/s1. The highest BCUT2D eigenvalue weighted by Gasteiger charge is 2.50. The highest BCUT2D eigenvalue weighted by Crippen LogP contribution is 2.43. The second-order valence-corrected chi connectivity index (χ2v) is 13.3. The van der Waals surface area contributed by atoms with Gasteiger partial charge < -0.3 is 33.5 Å². The minimum atomic E-state index is -1.01. The molecule has 0 radical (unpaired) electrons. The third kappa shape index (κ3) is 10.8. The Morgan fingerprint density at radius 1 is 0.660 bits per heavy atom. The van der Waals surface area contributed by atoms with Crippen molar-refractivity contribution in [2.45, 2.75) is 70.3 Å². The van der Waals surface area contributed by atoms with Crippen molar-refractivity contribution < 1.29 is 38.3 Å². The fourth-order valence-electron chi connectivity index (χ4n) is 6.46. The van der Waals surface area contributed by atoms with Gasteiger partial charge in [-0.1, -0.05) is 133 Å². The summed E-state index contributed by atoms with van der Waals surface area (Å²) in [6.45, 7) is 3.64. The topological polar surface area (TPSA) is 92.7 Å². The van der Waals surface area contributed by atoms with E-state index >= 15 is 0 Å². The molecule has 0 spiro atoms. The normalized spacial score (nSPS) is 19.8. The SMILES string of the molecule is CCOc1cc(Cl)c(CC(=O)O)cc1[C@@H]1O[C@H](COCc2ccccc2)[C@@H](OCc2ccccc2)[C@H](OCc2ccccc2)[C@H]1OCc1ccccc1. The minimum absolute atomic E-state index is 0.182. The van der Waals surface area contributed by atoms with Crippen LogP contribution in [0, 0.1) is 0 Å². The van der Waals surface area contributed by atoms with Crippen LogP contribution in [0.5, 0.6) is 5.75 Å². The predicted molar refractivity (Wildman–Crippen MR) is 203 cm³/mol. The number of halogens is 1. The number of hydrogen-bond donors (Lipinski definition) is 1. The molecule has 1 N–H and O–H groups in total. The van der Waals surface area contributed by atoms with Crippen LogP contribution >= 0.6 is 11.6 Å². The summed E-state index contributed by atoms with van der Waals surface area (Å²) in [6.07, 6.45) is -3.72. The summed E-state index contributed by atoms with van der Waals surface area (Å²) < 4.78 is 40.1. The monoisotopic (exact) mass is 736 g/mol. The first-order valence-electron chi connectivity index (χ1n) is 17.9. The summed E-state index contributed by atoms with van der Waals surface area (Å²) in [5.74, 6) is -0.534. The Balaban J connectivity index is 1.43. The van der Waals surface area contributed by atoms with Gasteiger partial charge in [-0.15, -0.1) is 0 Å². The Bertz CT molecular complexity index is 1840. The quantitative estimate of drug-likeness (QED) is 0.0955. The molecule has 0 unspecified atom stereocenters. The molecule has 1 fully saturated rings. The summed E-state index contributed by atoms with van der Waals surface area (Å²) in [5, 5.41) is 10.1. The van der Waals surface area contributed by atoms with E-state index in [-0.39, 0.29) is 26.2 Å². The summed E-state index contributed by atoms with van der Waals surface area (Å²) in [7, 11) is 0. The maximum Gasteiger partial charge on any atom is 0.307 e. The van der Waals surface area contributed by atoms with Crippen LogP contribution in [0.15, 0.2) is 133 Å². The number of aliphatic carboxylic acids is 1. The van der Waals surface area contributed by atoms with Gasteiger partial charge in [0.1, 0.15) is 36.3 Å². The third-order valence-corrected chi connectivity index (χ3v) is 9.36. The molecule has 1 saturated heterocycles. The number of carboxylic acids is 1. The van der Waals surface area contributed by atoms with Crippen LogP contribution < -0.4 is 4.74 Å². The second kappa shape index (κ2) is 19.5. The van der Waals surface area contributed by atoms with E-state index in [2.05, 4.69) is 0 Å². The third-order valence-electron chi connectivity index (χ3n) is 9.01. The zero-order valence-electron chi connectivity index (χ0n) is 29.7. The molecule has 1 heterocycles. The van der Waals surface area contributed by atoms with Gasteiger partial charge in [0, 0.05) is 10.6 Å². The van der Waals surface area contributed by atoms with Crippen molar-refractivity contribution in [2.24, 2.45) is 0 Å². The molecular weight excluding hydrogens is 692 g/mol. The van der Waals surface area contributed by atoms with E-state index < -0.39 is 36.5 Å².